The molecule has 3 rings (SSSR count). The lowest BCUT2D eigenvalue weighted by molar-refractivity contribution is -0.138. The van der Waals surface area contributed by atoms with Gasteiger partial charge in [0.2, 0.25) is 11.9 Å². The summed E-state index contributed by atoms with van der Waals surface area (Å²) in [5, 5.41) is 0. The largest absolute Gasteiger partial charge is 0.416 e. The molecule has 4 N–H and O–H groups in total. The maximum Gasteiger partial charge on any atom is 0.416 e. The fraction of sp³-hybridized carbons (Fsp3) is 0.500. The minimum Gasteiger partial charge on any atom is -0.369 e. The van der Waals surface area contributed by atoms with Crippen molar-refractivity contribution in [2.45, 2.75) is 50.9 Å². The first-order valence-electron chi connectivity index (χ1n) is 7.91. The number of benzene rings is 1. The molecule has 130 valence electrons. The third-order valence-electron chi connectivity index (χ3n) is 4.70. The minimum absolute atomic E-state index is 0.0790. The normalized spacial score (nSPS) is 20.8. The topological polar surface area (TPSA) is 80.0 Å². The number of nitrogens with zero attached hydrogens (tertiary/aromatic N) is 3. The summed E-state index contributed by atoms with van der Waals surface area (Å²) in [6.45, 7) is 1.45. The molecule has 0 atom stereocenters. The van der Waals surface area contributed by atoms with E-state index < -0.39 is 17.4 Å². The standard InChI is InChI=1S/C16H20F3N5/c1-10-11(16(17,18)19)6-5-7-12(10)24-14(21)22-13(20)23-15(24)8-3-2-4-9-15/h5-7H,2-4,8-9H2,1H3,(H4,20,21,22,23). The molecule has 8 heteroatoms. The van der Waals surface area contributed by atoms with E-state index in [0.29, 0.717) is 18.5 Å². The highest BCUT2D eigenvalue weighted by Gasteiger charge is 2.44. The van der Waals surface area contributed by atoms with Crippen LogP contribution in [0.2, 0.25) is 0 Å². The SMILES string of the molecule is Cc1c(N2C(N)=NC(N)=NC23CCCCC3)cccc1C(F)(F)F. The van der Waals surface area contributed by atoms with Gasteiger partial charge in [0.05, 0.1) is 5.56 Å². The van der Waals surface area contributed by atoms with Gasteiger partial charge in [0, 0.05) is 5.69 Å². The second-order valence-electron chi connectivity index (χ2n) is 6.27. The number of hydrogen-bond donors (Lipinski definition) is 2. The van der Waals surface area contributed by atoms with Crippen LogP contribution in [0.5, 0.6) is 0 Å². The molecule has 1 saturated carbocycles. The van der Waals surface area contributed by atoms with E-state index in [-0.39, 0.29) is 17.5 Å². The van der Waals surface area contributed by atoms with Gasteiger partial charge in [-0.3, -0.25) is 4.90 Å². The van der Waals surface area contributed by atoms with E-state index in [0.717, 1.165) is 25.3 Å². The van der Waals surface area contributed by atoms with Crippen molar-refractivity contribution in [3.05, 3.63) is 29.3 Å². The van der Waals surface area contributed by atoms with Crippen LogP contribution in [0.25, 0.3) is 0 Å². The van der Waals surface area contributed by atoms with Crippen LogP contribution >= 0.6 is 0 Å². The Kier molecular flexibility index (Phi) is 3.93. The van der Waals surface area contributed by atoms with Crippen LogP contribution in [0.4, 0.5) is 18.9 Å². The van der Waals surface area contributed by atoms with E-state index in [1.54, 1.807) is 11.0 Å². The van der Waals surface area contributed by atoms with Crippen molar-refractivity contribution in [3.63, 3.8) is 0 Å². The molecule has 0 aromatic heterocycles. The molecule has 2 aliphatic rings. The molecule has 5 nitrogen and oxygen atoms in total. The van der Waals surface area contributed by atoms with Crippen molar-refractivity contribution >= 4 is 17.6 Å². The van der Waals surface area contributed by atoms with Gasteiger partial charge in [0.1, 0.15) is 5.66 Å². The summed E-state index contributed by atoms with van der Waals surface area (Å²) in [7, 11) is 0. The van der Waals surface area contributed by atoms with E-state index in [9.17, 15) is 13.2 Å². The Morgan fingerprint density at radius 3 is 2.42 bits per heavy atom. The lowest BCUT2D eigenvalue weighted by atomic mass is 9.86. The van der Waals surface area contributed by atoms with Gasteiger partial charge in [-0.2, -0.15) is 18.2 Å². The molecule has 1 aliphatic heterocycles. The zero-order chi connectivity index (χ0) is 17.5. The number of alkyl halides is 3. The van der Waals surface area contributed by atoms with Crippen LogP contribution in [0.1, 0.15) is 43.2 Å². The second kappa shape index (κ2) is 5.68. The summed E-state index contributed by atoms with van der Waals surface area (Å²) in [5.74, 6) is 0.169. The molecular formula is C16H20F3N5. The lowest BCUT2D eigenvalue weighted by Gasteiger charge is -2.46. The molecule has 1 heterocycles. The van der Waals surface area contributed by atoms with Gasteiger partial charge in [-0.25, -0.2) is 4.99 Å². The van der Waals surface area contributed by atoms with E-state index >= 15 is 0 Å². The van der Waals surface area contributed by atoms with E-state index in [4.69, 9.17) is 11.5 Å². The van der Waals surface area contributed by atoms with Gasteiger partial charge in [-0.15, -0.1) is 0 Å². The van der Waals surface area contributed by atoms with Crippen molar-refractivity contribution in [1.29, 1.82) is 0 Å². The van der Waals surface area contributed by atoms with Crippen molar-refractivity contribution in [3.8, 4) is 0 Å². The van der Waals surface area contributed by atoms with Crippen LogP contribution < -0.4 is 16.4 Å². The van der Waals surface area contributed by atoms with Gasteiger partial charge in [-0.1, -0.05) is 12.5 Å². The summed E-state index contributed by atoms with van der Waals surface area (Å²) in [4.78, 5) is 10.1. The number of nitrogens with two attached hydrogens (primary N) is 2. The Morgan fingerprint density at radius 1 is 1.12 bits per heavy atom. The van der Waals surface area contributed by atoms with Crippen LogP contribution in [0.15, 0.2) is 28.2 Å². The molecule has 0 saturated heterocycles. The molecule has 0 amide bonds. The summed E-state index contributed by atoms with van der Waals surface area (Å²) < 4.78 is 39.8. The predicted molar refractivity (Wildman–Crippen MR) is 87.7 cm³/mol. The highest BCUT2D eigenvalue weighted by Crippen LogP contribution is 2.43. The Hall–Kier alpha value is -2.25. The smallest absolute Gasteiger partial charge is 0.369 e. The zero-order valence-corrected chi connectivity index (χ0v) is 13.4. The third-order valence-corrected chi connectivity index (χ3v) is 4.70. The van der Waals surface area contributed by atoms with Gasteiger partial charge in [-0.05, 0) is 50.3 Å². The Labute approximate surface area is 138 Å². The molecule has 0 unspecified atom stereocenters. The molecule has 1 aromatic rings. The number of halogens is 3. The van der Waals surface area contributed by atoms with Gasteiger partial charge in [0.25, 0.3) is 0 Å². The van der Waals surface area contributed by atoms with Crippen LogP contribution in [-0.2, 0) is 6.18 Å². The maximum absolute atomic E-state index is 13.3. The Balaban J connectivity index is 2.15. The molecule has 24 heavy (non-hydrogen) atoms. The number of hydrogen-bond acceptors (Lipinski definition) is 5. The fourth-order valence-electron chi connectivity index (χ4n) is 3.64. The zero-order valence-electron chi connectivity index (χ0n) is 13.4. The molecule has 1 aromatic carbocycles. The first-order chi connectivity index (χ1) is 11.2. The van der Waals surface area contributed by atoms with Crippen molar-refractivity contribution in [2.75, 3.05) is 4.90 Å². The first-order valence-corrected chi connectivity index (χ1v) is 7.91. The highest BCUT2D eigenvalue weighted by atomic mass is 19.4. The average molecular weight is 339 g/mol. The van der Waals surface area contributed by atoms with Crippen LogP contribution in [0, 0.1) is 6.92 Å². The van der Waals surface area contributed by atoms with Gasteiger partial charge in [0.15, 0.2) is 0 Å². The number of rotatable bonds is 1. The van der Waals surface area contributed by atoms with Crippen molar-refractivity contribution in [1.82, 2.24) is 0 Å². The quantitative estimate of drug-likeness (QED) is 0.825. The fourth-order valence-corrected chi connectivity index (χ4v) is 3.64. The Bertz CT molecular complexity index is 702. The number of guanidine groups is 2. The van der Waals surface area contributed by atoms with Crippen LogP contribution in [-0.4, -0.2) is 17.6 Å². The van der Waals surface area contributed by atoms with E-state index in [1.807, 2.05) is 0 Å². The van der Waals surface area contributed by atoms with Crippen molar-refractivity contribution in [2.24, 2.45) is 21.5 Å². The number of anilines is 1. The summed E-state index contributed by atoms with van der Waals surface area (Å²) in [6.07, 6.45) is -0.177. The molecule has 0 bridgehead atoms. The third kappa shape index (κ3) is 2.70. The maximum atomic E-state index is 13.3. The molecule has 0 radical (unpaired) electrons. The van der Waals surface area contributed by atoms with E-state index in [1.165, 1.54) is 13.0 Å². The highest BCUT2D eigenvalue weighted by molar-refractivity contribution is 6.06. The lowest BCUT2D eigenvalue weighted by Crippen LogP contribution is -2.58. The number of aliphatic imine (C=N–C) groups is 2. The summed E-state index contributed by atoms with van der Waals surface area (Å²) in [5.41, 5.74) is 10.9. The molecule has 1 spiro atoms. The van der Waals surface area contributed by atoms with Crippen molar-refractivity contribution < 1.29 is 13.2 Å². The average Bonchev–Trinajstić information content (AvgIpc) is 2.47. The van der Waals surface area contributed by atoms with E-state index in [2.05, 4.69) is 9.98 Å². The predicted octanol–water partition coefficient (Wildman–Crippen LogP) is 3.12. The molecule has 1 aliphatic carbocycles. The molecule has 1 fully saturated rings. The monoisotopic (exact) mass is 339 g/mol. The summed E-state index contributed by atoms with van der Waals surface area (Å²) >= 11 is 0. The second-order valence-corrected chi connectivity index (χ2v) is 6.27. The molecular weight excluding hydrogens is 319 g/mol. The minimum atomic E-state index is -4.43. The Morgan fingerprint density at radius 2 is 1.79 bits per heavy atom. The van der Waals surface area contributed by atoms with Gasteiger partial charge >= 0.3 is 6.18 Å². The van der Waals surface area contributed by atoms with Gasteiger partial charge < -0.3 is 11.5 Å². The first kappa shape index (κ1) is 16.6. The summed E-state index contributed by atoms with van der Waals surface area (Å²) in [6, 6.07) is 4.08. The van der Waals surface area contributed by atoms with Crippen LogP contribution in [0.3, 0.4) is 0 Å².